The molecule has 0 aromatic heterocycles. The predicted molar refractivity (Wildman–Crippen MR) is 71.7 cm³/mol. The minimum atomic E-state index is -0.190. The van der Waals surface area contributed by atoms with E-state index in [1.165, 1.54) is 0 Å². The molecule has 1 aromatic rings. The van der Waals surface area contributed by atoms with E-state index in [-0.39, 0.29) is 11.4 Å². The minimum absolute atomic E-state index is 0.0747. The van der Waals surface area contributed by atoms with Gasteiger partial charge < -0.3 is 16.4 Å². The van der Waals surface area contributed by atoms with Gasteiger partial charge >= 0.3 is 0 Å². The molecule has 0 spiro atoms. The van der Waals surface area contributed by atoms with Gasteiger partial charge in [0.05, 0.1) is 5.56 Å². The number of carbonyl (C=O) groups is 1. The van der Waals surface area contributed by atoms with E-state index in [2.05, 4.69) is 6.92 Å². The molecule has 1 amide bonds. The fraction of sp³-hybridized carbons (Fsp3) is 0.462. The van der Waals surface area contributed by atoms with Crippen molar-refractivity contribution in [1.82, 2.24) is 4.90 Å². The van der Waals surface area contributed by atoms with Gasteiger partial charge in [-0.1, -0.05) is 6.92 Å². The summed E-state index contributed by atoms with van der Waals surface area (Å²) >= 11 is 0. The van der Waals surface area contributed by atoms with E-state index in [0.717, 1.165) is 6.42 Å². The first-order valence-electron chi connectivity index (χ1n) is 5.72. The number of carbonyl (C=O) groups excluding carboxylic acids is 1. The lowest BCUT2D eigenvalue weighted by Crippen LogP contribution is -2.44. The Morgan fingerprint density at radius 2 is 1.94 bits per heavy atom. The van der Waals surface area contributed by atoms with Crippen LogP contribution < -0.4 is 11.5 Å². The molecule has 94 valence electrons. The van der Waals surface area contributed by atoms with Gasteiger partial charge in [0.1, 0.15) is 0 Å². The molecule has 0 saturated heterocycles. The van der Waals surface area contributed by atoms with Gasteiger partial charge in [0, 0.05) is 24.0 Å². The van der Waals surface area contributed by atoms with Gasteiger partial charge in [-0.25, -0.2) is 0 Å². The van der Waals surface area contributed by atoms with E-state index in [1.54, 1.807) is 30.1 Å². The third kappa shape index (κ3) is 2.70. The highest BCUT2D eigenvalue weighted by Gasteiger charge is 2.27. The Morgan fingerprint density at radius 1 is 1.35 bits per heavy atom. The summed E-state index contributed by atoms with van der Waals surface area (Å²) in [7, 11) is 1.79. The summed E-state index contributed by atoms with van der Waals surface area (Å²) in [5.74, 6) is -0.0747. The van der Waals surface area contributed by atoms with Crippen molar-refractivity contribution in [3.63, 3.8) is 0 Å². The van der Waals surface area contributed by atoms with E-state index < -0.39 is 0 Å². The molecule has 4 N–H and O–H groups in total. The number of nitrogen functional groups attached to an aromatic ring is 2. The fourth-order valence-corrected chi connectivity index (χ4v) is 1.47. The number of benzene rings is 1. The van der Waals surface area contributed by atoms with Crippen LogP contribution in [0.4, 0.5) is 11.4 Å². The predicted octanol–water partition coefficient (Wildman–Crippen LogP) is 2.11. The lowest BCUT2D eigenvalue weighted by atomic mass is 9.98. The molecule has 0 saturated carbocycles. The first-order valence-corrected chi connectivity index (χ1v) is 5.72. The van der Waals surface area contributed by atoms with Crippen LogP contribution in [0.2, 0.25) is 0 Å². The van der Waals surface area contributed by atoms with Crippen LogP contribution in [-0.4, -0.2) is 23.4 Å². The van der Waals surface area contributed by atoms with Crippen molar-refractivity contribution in [2.75, 3.05) is 18.5 Å². The maximum absolute atomic E-state index is 12.3. The maximum Gasteiger partial charge on any atom is 0.256 e. The molecule has 0 unspecified atom stereocenters. The van der Waals surface area contributed by atoms with Crippen LogP contribution in [0.15, 0.2) is 18.2 Å². The molecule has 0 fully saturated rings. The monoisotopic (exact) mass is 235 g/mol. The average Bonchev–Trinajstić information content (AvgIpc) is 2.27. The summed E-state index contributed by atoms with van der Waals surface area (Å²) in [6, 6.07) is 4.98. The highest BCUT2D eigenvalue weighted by molar-refractivity contribution is 5.99. The van der Waals surface area contributed by atoms with Gasteiger partial charge in [-0.15, -0.1) is 0 Å². The smallest absolute Gasteiger partial charge is 0.256 e. The molecule has 4 heteroatoms. The summed E-state index contributed by atoms with van der Waals surface area (Å²) in [5, 5.41) is 0. The molecule has 17 heavy (non-hydrogen) atoms. The molecule has 0 atom stereocenters. The Morgan fingerprint density at radius 3 is 2.41 bits per heavy atom. The number of amides is 1. The Balaban J connectivity index is 3.05. The standard InChI is InChI=1S/C13H21N3O/c1-5-13(2,3)16(4)12(17)10-7-6-9(14)8-11(10)15/h6-8H,5,14-15H2,1-4H3. The molecule has 0 bridgehead atoms. The molecule has 1 rings (SSSR count). The van der Waals surface area contributed by atoms with Crippen LogP contribution in [0.3, 0.4) is 0 Å². The molecule has 0 aliphatic rings. The topological polar surface area (TPSA) is 72.3 Å². The van der Waals surface area contributed by atoms with Crippen LogP contribution >= 0.6 is 0 Å². The highest BCUT2D eigenvalue weighted by atomic mass is 16.2. The van der Waals surface area contributed by atoms with Crippen LogP contribution in [0.1, 0.15) is 37.6 Å². The third-order valence-electron chi connectivity index (χ3n) is 3.38. The first kappa shape index (κ1) is 13.4. The van der Waals surface area contributed by atoms with Gasteiger partial charge in [-0.05, 0) is 38.5 Å². The number of rotatable bonds is 3. The van der Waals surface area contributed by atoms with Gasteiger partial charge in [-0.3, -0.25) is 4.79 Å². The average molecular weight is 235 g/mol. The SMILES string of the molecule is CCC(C)(C)N(C)C(=O)c1ccc(N)cc1N. The van der Waals surface area contributed by atoms with Crippen molar-refractivity contribution < 1.29 is 4.79 Å². The molecule has 0 aliphatic carbocycles. The van der Waals surface area contributed by atoms with Crippen molar-refractivity contribution in [2.45, 2.75) is 32.7 Å². The number of anilines is 2. The molecular weight excluding hydrogens is 214 g/mol. The molecule has 4 nitrogen and oxygen atoms in total. The third-order valence-corrected chi connectivity index (χ3v) is 3.38. The van der Waals surface area contributed by atoms with Crippen molar-refractivity contribution in [1.29, 1.82) is 0 Å². The number of hydrogen-bond donors (Lipinski definition) is 2. The quantitative estimate of drug-likeness (QED) is 0.788. The Bertz CT molecular complexity index is 427. The normalized spacial score (nSPS) is 11.3. The Kier molecular flexibility index (Phi) is 3.66. The molecule has 0 heterocycles. The molecule has 0 aliphatic heterocycles. The zero-order valence-corrected chi connectivity index (χ0v) is 10.9. The van der Waals surface area contributed by atoms with E-state index in [9.17, 15) is 4.79 Å². The van der Waals surface area contributed by atoms with Gasteiger partial charge in [0.2, 0.25) is 0 Å². The van der Waals surface area contributed by atoms with Gasteiger partial charge in [-0.2, -0.15) is 0 Å². The minimum Gasteiger partial charge on any atom is -0.399 e. The van der Waals surface area contributed by atoms with Gasteiger partial charge in [0.25, 0.3) is 5.91 Å². The number of hydrogen-bond acceptors (Lipinski definition) is 3. The first-order chi connectivity index (χ1) is 7.79. The van der Waals surface area contributed by atoms with Crippen LogP contribution in [0.5, 0.6) is 0 Å². The van der Waals surface area contributed by atoms with E-state index in [1.807, 2.05) is 13.8 Å². The second-order valence-corrected chi connectivity index (χ2v) is 4.88. The van der Waals surface area contributed by atoms with E-state index >= 15 is 0 Å². The summed E-state index contributed by atoms with van der Waals surface area (Å²) in [5.41, 5.74) is 12.7. The van der Waals surface area contributed by atoms with E-state index in [0.29, 0.717) is 16.9 Å². The second kappa shape index (κ2) is 4.65. The Labute approximate surface area is 103 Å². The summed E-state index contributed by atoms with van der Waals surface area (Å²) in [6.45, 7) is 6.10. The maximum atomic E-state index is 12.3. The Hall–Kier alpha value is -1.71. The van der Waals surface area contributed by atoms with Gasteiger partial charge in [0.15, 0.2) is 0 Å². The molecule has 0 radical (unpaired) electrons. The molecular formula is C13H21N3O. The van der Waals surface area contributed by atoms with E-state index in [4.69, 9.17) is 11.5 Å². The van der Waals surface area contributed by atoms with Crippen molar-refractivity contribution in [2.24, 2.45) is 0 Å². The lowest BCUT2D eigenvalue weighted by Gasteiger charge is -2.35. The number of nitrogens with two attached hydrogens (primary N) is 2. The van der Waals surface area contributed by atoms with Crippen LogP contribution in [0.25, 0.3) is 0 Å². The molecule has 1 aromatic carbocycles. The fourth-order valence-electron chi connectivity index (χ4n) is 1.47. The summed E-state index contributed by atoms with van der Waals surface area (Å²) in [4.78, 5) is 14.0. The summed E-state index contributed by atoms with van der Waals surface area (Å²) < 4.78 is 0. The highest BCUT2D eigenvalue weighted by Crippen LogP contribution is 2.23. The second-order valence-electron chi connectivity index (χ2n) is 4.88. The summed E-state index contributed by atoms with van der Waals surface area (Å²) in [6.07, 6.45) is 0.879. The van der Waals surface area contributed by atoms with Crippen molar-refractivity contribution >= 4 is 17.3 Å². The largest absolute Gasteiger partial charge is 0.399 e. The zero-order chi connectivity index (χ0) is 13.2. The van der Waals surface area contributed by atoms with Crippen LogP contribution in [0, 0.1) is 0 Å². The van der Waals surface area contributed by atoms with Crippen LogP contribution in [-0.2, 0) is 0 Å². The zero-order valence-electron chi connectivity index (χ0n) is 10.9. The lowest BCUT2D eigenvalue weighted by molar-refractivity contribution is 0.0621. The van der Waals surface area contributed by atoms with Crippen molar-refractivity contribution in [3.05, 3.63) is 23.8 Å². The number of nitrogens with zero attached hydrogens (tertiary/aromatic N) is 1. The van der Waals surface area contributed by atoms with Crippen molar-refractivity contribution in [3.8, 4) is 0 Å².